The molecule has 0 aliphatic heterocycles. The summed E-state index contributed by atoms with van der Waals surface area (Å²) in [6, 6.07) is 37.9. The number of methoxy groups -OCH3 is 8. The van der Waals surface area contributed by atoms with Gasteiger partial charge in [0.15, 0.2) is 0 Å². The average molecular weight is 1260 g/mol. The zero-order valence-corrected chi connectivity index (χ0v) is 54.0. The van der Waals surface area contributed by atoms with Crippen LogP contribution in [-0.4, -0.2) is 110 Å². The number of anilines is 1. The Balaban J connectivity index is 1.32. The number of phenols is 2. The molecular formula is C72H78N4O12S2. The maximum atomic E-state index is 13.0. The Morgan fingerprint density at radius 3 is 1.04 bits per heavy atom. The largest absolute Gasteiger partial charge is 0.507 e. The van der Waals surface area contributed by atoms with Gasteiger partial charge in [-0.1, -0.05) is 0 Å². The third-order valence-corrected chi connectivity index (χ3v) is 16.1. The minimum Gasteiger partial charge on any atom is -0.507 e. The van der Waals surface area contributed by atoms with Crippen molar-refractivity contribution in [1.82, 2.24) is 0 Å². The SMILES string of the molecule is COc1ccc(OC)c(/C=N/c2cc3c(O)c(c2)Cc2cc(/N=C/c4cc(OC)ccc4OC)cc(c2OCCCCS)Cc2cc(NCc4cc(OC)ccc4OC)cc(c2O)Cc2cc(/N=C/c4cc(OC)ccc4OC)cc(c2OCCCCS)C3)c1. The van der Waals surface area contributed by atoms with Crippen LogP contribution in [0.25, 0.3) is 0 Å². The topological polar surface area (TPSA) is 182 Å². The van der Waals surface area contributed by atoms with Crippen LogP contribution in [0.1, 0.15) is 92.4 Å². The van der Waals surface area contributed by atoms with Crippen LogP contribution in [0.3, 0.4) is 0 Å². The van der Waals surface area contributed by atoms with Gasteiger partial charge in [-0.2, -0.15) is 25.3 Å². The smallest absolute Gasteiger partial charge is 0.127 e. The first kappa shape index (κ1) is 65.3. The number of benzene rings is 8. The van der Waals surface area contributed by atoms with Crippen molar-refractivity contribution < 1.29 is 57.6 Å². The Morgan fingerprint density at radius 1 is 0.389 bits per heavy atom. The van der Waals surface area contributed by atoms with Crippen molar-refractivity contribution in [2.75, 3.05) is 86.9 Å². The summed E-state index contributed by atoms with van der Waals surface area (Å²) in [5.41, 5.74) is 10.7. The molecule has 0 heterocycles. The molecule has 8 aromatic carbocycles. The van der Waals surface area contributed by atoms with Gasteiger partial charge in [0, 0.05) is 123 Å². The highest BCUT2D eigenvalue weighted by atomic mass is 32.1. The van der Waals surface area contributed by atoms with E-state index in [1.165, 1.54) is 0 Å². The fourth-order valence-electron chi connectivity index (χ4n) is 10.8. The lowest BCUT2D eigenvalue weighted by Crippen LogP contribution is -2.09. The van der Waals surface area contributed by atoms with E-state index in [0.29, 0.717) is 145 Å². The van der Waals surface area contributed by atoms with Crippen molar-refractivity contribution in [3.63, 3.8) is 0 Å². The summed E-state index contributed by atoms with van der Waals surface area (Å²) >= 11 is 9.07. The van der Waals surface area contributed by atoms with Crippen molar-refractivity contribution >= 4 is 66.7 Å². The first-order valence-corrected chi connectivity index (χ1v) is 30.9. The highest BCUT2D eigenvalue weighted by Gasteiger charge is 2.24. The number of aromatic hydroxyl groups is 2. The number of unbranched alkanes of at least 4 members (excludes halogenated alkanes) is 2. The molecule has 0 radical (unpaired) electrons. The van der Waals surface area contributed by atoms with E-state index in [0.717, 1.165) is 59.2 Å². The van der Waals surface area contributed by atoms with E-state index in [9.17, 15) is 10.2 Å². The lowest BCUT2D eigenvalue weighted by Gasteiger charge is -2.22. The summed E-state index contributed by atoms with van der Waals surface area (Å²) in [5.74, 6) is 7.77. The monoisotopic (exact) mass is 1250 g/mol. The predicted octanol–water partition coefficient (Wildman–Crippen LogP) is 14.9. The second-order valence-electron chi connectivity index (χ2n) is 21.3. The molecule has 90 heavy (non-hydrogen) atoms. The summed E-state index contributed by atoms with van der Waals surface area (Å²) in [6.45, 7) is 1.10. The molecular weight excluding hydrogens is 1180 g/mol. The van der Waals surface area contributed by atoms with Crippen LogP contribution in [-0.2, 0) is 32.2 Å². The number of thiol groups is 2. The fourth-order valence-corrected chi connectivity index (χ4v) is 11.2. The lowest BCUT2D eigenvalue weighted by molar-refractivity contribution is 0.304. The van der Waals surface area contributed by atoms with Crippen LogP contribution in [0, 0.1) is 0 Å². The standard InChI is InChI=1S/C72H78N4O12S2/c1-79-61-13-17-65(83-5)53(37-61)41-73-57-29-45-25-49-33-59(75-43-55-39-63(81-3)15-19-67(55)85-7)35-51(71(49)87-21-9-11-23-89)27-47-31-58(74-42-54-38-62(80-2)14-18-66(54)84-6)32-48(70(47)78)28-52-36-60(76-44-56-40-64(82-4)16-20-68(56)86-8)34-50(26-46(30-57)69(45)77)72(52)88-22-10-12-24-90/h13-20,29-41,43-44,74,77-78,89-90H,9-12,21-28,42H2,1-8H3/b73-41+,75-43+,76-44+. The predicted molar refractivity (Wildman–Crippen MR) is 365 cm³/mol. The number of aliphatic imine (C=N–C) groups is 3. The first-order valence-electron chi connectivity index (χ1n) is 29.6. The van der Waals surface area contributed by atoms with Gasteiger partial charge in [0.25, 0.3) is 0 Å². The molecule has 9 rings (SSSR count). The van der Waals surface area contributed by atoms with E-state index in [2.05, 4.69) is 30.6 Å². The van der Waals surface area contributed by atoms with E-state index >= 15 is 0 Å². The Hall–Kier alpha value is -9.13. The molecule has 0 saturated heterocycles. The molecule has 0 aromatic heterocycles. The van der Waals surface area contributed by atoms with Crippen molar-refractivity contribution in [3.8, 4) is 69.0 Å². The summed E-state index contributed by atoms with van der Waals surface area (Å²) in [5, 5.41) is 29.7. The molecule has 0 atom stereocenters. The summed E-state index contributed by atoms with van der Waals surface area (Å²) in [6.07, 6.45) is 9.01. The van der Waals surface area contributed by atoms with Crippen molar-refractivity contribution in [2.24, 2.45) is 15.0 Å². The van der Waals surface area contributed by atoms with Gasteiger partial charge in [0.05, 0.1) is 87.2 Å². The van der Waals surface area contributed by atoms with Gasteiger partial charge in [0.2, 0.25) is 0 Å². The summed E-state index contributed by atoms with van der Waals surface area (Å²) in [7, 11) is 12.9. The van der Waals surface area contributed by atoms with Gasteiger partial charge >= 0.3 is 0 Å². The number of hydrogen-bond donors (Lipinski definition) is 5. The van der Waals surface area contributed by atoms with Crippen molar-refractivity contribution in [1.29, 1.82) is 0 Å². The van der Waals surface area contributed by atoms with Crippen LogP contribution in [0.5, 0.6) is 69.0 Å². The maximum absolute atomic E-state index is 13.0. The van der Waals surface area contributed by atoms with Crippen molar-refractivity contribution in [2.45, 2.75) is 57.9 Å². The molecule has 3 N–H and O–H groups in total. The number of fused-ring (bicyclic) bond motifs is 8. The maximum Gasteiger partial charge on any atom is 0.127 e. The average Bonchev–Trinajstić information content (AvgIpc) is 1.74. The second kappa shape index (κ2) is 31.9. The zero-order chi connectivity index (χ0) is 63.5. The number of hydrogen-bond acceptors (Lipinski definition) is 18. The second-order valence-corrected chi connectivity index (χ2v) is 22.2. The highest BCUT2D eigenvalue weighted by Crippen LogP contribution is 2.44. The van der Waals surface area contributed by atoms with Crippen molar-refractivity contribution in [3.05, 3.63) is 188 Å². The first-order chi connectivity index (χ1) is 43.9. The Bertz CT molecular complexity index is 3710. The Morgan fingerprint density at radius 2 is 0.711 bits per heavy atom. The molecule has 8 bridgehead atoms. The van der Waals surface area contributed by atoms with Crippen LogP contribution in [0.4, 0.5) is 22.7 Å². The molecule has 0 spiro atoms. The third kappa shape index (κ3) is 16.4. The summed E-state index contributed by atoms with van der Waals surface area (Å²) < 4.78 is 59.6. The molecule has 8 aromatic rings. The van der Waals surface area contributed by atoms with E-state index in [4.69, 9.17) is 62.3 Å². The Labute approximate surface area is 538 Å². The molecule has 16 nitrogen and oxygen atoms in total. The van der Waals surface area contributed by atoms with Crippen LogP contribution in [0.15, 0.2) is 136 Å². The van der Waals surface area contributed by atoms with Crippen LogP contribution in [0.2, 0.25) is 0 Å². The zero-order valence-electron chi connectivity index (χ0n) is 52.2. The van der Waals surface area contributed by atoms with E-state index in [1.54, 1.807) is 75.5 Å². The van der Waals surface area contributed by atoms with Crippen LogP contribution >= 0.6 is 25.3 Å². The van der Waals surface area contributed by atoms with Gasteiger partial charge in [-0.3, -0.25) is 15.0 Å². The molecule has 18 heteroatoms. The molecule has 0 saturated carbocycles. The van der Waals surface area contributed by atoms with Gasteiger partial charge in [-0.25, -0.2) is 0 Å². The molecule has 1 aliphatic rings. The minimum atomic E-state index is 0.0569. The van der Waals surface area contributed by atoms with Gasteiger partial charge in [-0.05, 0) is 159 Å². The number of nitrogens with one attached hydrogen (secondary N) is 1. The van der Waals surface area contributed by atoms with E-state index < -0.39 is 0 Å². The van der Waals surface area contributed by atoms with E-state index in [-0.39, 0.29) is 37.2 Å². The minimum absolute atomic E-state index is 0.0569. The quantitative estimate of drug-likeness (QED) is 0.0142. The number of rotatable bonds is 27. The number of phenolic OH excluding ortho intramolecular Hbond substituents is 2. The molecule has 0 unspecified atom stereocenters. The Kier molecular flexibility index (Phi) is 23.1. The fraction of sp³-hybridized carbons (Fsp3) is 0.292. The number of nitrogens with zero attached hydrogens (tertiary/aromatic N) is 3. The highest BCUT2D eigenvalue weighted by molar-refractivity contribution is 7.80. The summed E-state index contributed by atoms with van der Waals surface area (Å²) in [4.78, 5) is 15.3. The van der Waals surface area contributed by atoms with E-state index in [1.807, 2.05) is 121 Å². The lowest BCUT2D eigenvalue weighted by atomic mass is 9.90. The molecule has 1 aliphatic carbocycles. The number of ether oxygens (including phenoxy) is 10. The van der Waals surface area contributed by atoms with Gasteiger partial charge < -0.3 is 62.9 Å². The van der Waals surface area contributed by atoms with Gasteiger partial charge in [0.1, 0.15) is 69.0 Å². The molecule has 0 amide bonds. The molecule has 470 valence electrons. The normalized spacial score (nSPS) is 12.1. The third-order valence-electron chi connectivity index (χ3n) is 15.4. The molecule has 0 fully saturated rings. The van der Waals surface area contributed by atoms with Gasteiger partial charge in [-0.15, -0.1) is 0 Å². The van der Waals surface area contributed by atoms with Crippen LogP contribution < -0.4 is 52.7 Å².